The lowest BCUT2D eigenvalue weighted by Gasteiger charge is -1.65. The molecule has 0 saturated heterocycles. The van der Waals surface area contributed by atoms with Gasteiger partial charge < -0.3 is 4.52 Å². The van der Waals surface area contributed by atoms with E-state index >= 15 is 0 Å². The largest absolute Gasteiger partial charge is 0.361 e. The highest BCUT2D eigenvalue weighted by Gasteiger charge is 1.88. The topological polar surface area (TPSA) is 51.8 Å². The van der Waals surface area contributed by atoms with Gasteiger partial charge in [0.2, 0.25) is 0 Å². The zero-order valence-electron chi connectivity index (χ0n) is 8.74. The Morgan fingerprint density at radius 3 is 1.62 bits per heavy atom. The highest BCUT2D eigenvalue weighted by atomic mass is 32.1. The predicted octanol–water partition coefficient (Wildman–Crippen LogP) is 3.72. The molecule has 5 heteroatoms. The van der Waals surface area contributed by atoms with Crippen molar-refractivity contribution in [3.8, 4) is 0 Å². The first-order chi connectivity index (χ1) is 6.58. The van der Waals surface area contributed by atoms with Crippen molar-refractivity contribution in [2.24, 2.45) is 0 Å². The lowest BCUT2D eigenvalue weighted by atomic mass is 10.4. The van der Waals surface area contributed by atoms with Crippen LogP contribution >= 0.6 is 11.3 Å². The van der Waals surface area contributed by atoms with E-state index < -0.39 is 0 Å². The molecule has 16 heavy (non-hydrogen) atoms. The second-order valence-electron chi connectivity index (χ2n) is 2.92. The summed E-state index contributed by atoms with van der Waals surface area (Å²) in [7, 11) is 0. The van der Waals surface area contributed by atoms with E-state index in [1.165, 1.54) is 0 Å². The molecule has 0 saturated carbocycles. The molecule has 0 aliphatic rings. The van der Waals surface area contributed by atoms with Gasteiger partial charge in [-0.2, -0.15) is 0 Å². The maximum atomic E-state index is 4.71. The number of hydrogen-bond acceptors (Lipinski definition) is 5. The molecule has 0 fully saturated rings. The Kier molecular flexibility index (Phi) is 8.57. The number of rotatable bonds is 0. The van der Waals surface area contributed by atoms with Gasteiger partial charge in [-0.25, -0.2) is 0 Å². The minimum absolute atomic E-state index is 0. The summed E-state index contributed by atoms with van der Waals surface area (Å²) in [6.07, 6.45) is 0. The second-order valence-corrected chi connectivity index (χ2v) is 4.30. The summed E-state index contributed by atoms with van der Waals surface area (Å²) < 4.78 is 4.71. The first-order valence-corrected chi connectivity index (χ1v) is 5.06. The van der Waals surface area contributed by atoms with E-state index in [1.54, 1.807) is 11.3 Å². The fourth-order valence-corrected chi connectivity index (χ4v) is 1.48. The molecule has 92 valence electrons. The van der Waals surface area contributed by atoms with Gasteiger partial charge in [-0.15, -0.1) is 21.5 Å². The van der Waals surface area contributed by atoms with Crippen LogP contribution in [0, 0.1) is 27.7 Å². The van der Waals surface area contributed by atoms with Crippen LogP contribution < -0.4 is 0 Å². The lowest BCUT2D eigenvalue weighted by Crippen LogP contribution is -1.68. The highest BCUT2D eigenvalue weighted by molar-refractivity contribution is 7.11. The van der Waals surface area contributed by atoms with Crippen molar-refractivity contribution in [3.05, 3.63) is 27.5 Å². The first kappa shape index (κ1) is 17.2. The molecule has 4 nitrogen and oxygen atoms in total. The fraction of sp³-hybridized carbons (Fsp3) is 0.545. The van der Waals surface area contributed by atoms with E-state index in [1.807, 2.05) is 33.8 Å². The molecule has 2 heterocycles. The molecule has 0 aromatic carbocycles. The molecule has 2 aromatic rings. The van der Waals surface area contributed by atoms with Crippen LogP contribution in [0.15, 0.2) is 10.6 Å². The van der Waals surface area contributed by atoms with Crippen LogP contribution in [0.1, 0.15) is 36.3 Å². The number of nitrogens with zero attached hydrogens (tertiary/aromatic N) is 3. The monoisotopic (exact) mass is 243 g/mol. The Bertz CT molecular complexity index is 324. The number of aromatic nitrogens is 3. The third-order valence-corrected chi connectivity index (χ3v) is 2.13. The standard InChI is InChI=1S/C5H7NO.C4H6N2S.2CH4/c1-4-3-5(2)7-6-4;1-3-5-6-4(2)7-3;;/h3H,1-2H3;1-2H3;2*1H4. The Balaban J connectivity index is 0. The molecule has 0 aliphatic carbocycles. The maximum absolute atomic E-state index is 4.71. The molecule has 0 N–H and O–H groups in total. The quantitative estimate of drug-likeness (QED) is 0.707. The Morgan fingerprint density at radius 2 is 1.50 bits per heavy atom. The summed E-state index contributed by atoms with van der Waals surface area (Å²) in [5.74, 6) is 0.873. The third kappa shape index (κ3) is 6.29. The van der Waals surface area contributed by atoms with Crippen LogP contribution in [-0.2, 0) is 0 Å². The van der Waals surface area contributed by atoms with E-state index in [0.29, 0.717) is 0 Å². The highest BCUT2D eigenvalue weighted by Crippen LogP contribution is 2.03. The Labute approximate surface area is 102 Å². The molecule has 0 radical (unpaired) electrons. The molecular formula is C11H21N3OS. The molecule has 2 aromatic heterocycles. The van der Waals surface area contributed by atoms with Crippen LogP contribution in [-0.4, -0.2) is 15.4 Å². The number of hydrogen-bond donors (Lipinski definition) is 0. The van der Waals surface area contributed by atoms with Crippen molar-refractivity contribution in [2.45, 2.75) is 42.5 Å². The van der Waals surface area contributed by atoms with Crippen LogP contribution in [0.25, 0.3) is 0 Å². The first-order valence-electron chi connectivity index (χ1n) is 4.24. The Hall–Kier alpha value is -1.23. The van der Waals surface area contributed by atoms with Crippen molar-refractivity contribution in [3.63, 3.8) is 0 Å². The molecule has 0 unspecified atom stereocenters. The summed E-state index contributed by atoms with van der Waals surface area (Å²) in [6.45, 7) is 7.67. The van der Waals surface area contributed by atoms with Crippen molar-refractivity contribution < 1.29 is 4.52 Å². The fourth-order valence-electron chi connectivity index (χ4n) is 0.886. The van der Waals surface area contributed by atoms with E-state index in [4.69, 9.17) is 4.52 Å². The zero-order valence-corrected chi connectivity index (χ0v) is 9.55. The van der Waals surface area contributed by atoms with Gasteiger partial charge in [0.1, 0.15) is 15.8 Å². The van der Waals surface area contributed by atoms with Gasteiger partial charge in [-0.1, -0.05) is 20.0 Å². The minimum atomic E-state index is 0. The van der Waals surface area contributed by atoms with Crippen molar-refractivity contribution >= 4 is 11.3 Å². The summed E-state index contributed by atoms with van der Waals surface area (Å²) >= 11 is 1.62. The van der Waals surface area contributed by atoms with Gasteiger partial charge in [-0.3, -0.25) is 0 Å². The molecule has 0 spiro atoms. The van der Waals surface area contributed by atoms with Gasteiger partial charge in [0.05, 0.1) is 5.69 Å². The molecule has 2 rings (SSSR count). The summed E-state index contributed by atoms with van der Waals surface area (Å²) in [5.41, 5.74) is 0.942. The predicted molar refractivity (Wildman–Crippen MR) is 68.8 cm³/mol. The Morgan fingerprint density at radius 1 is 1.00 bits per heavy atom. The van der Waals surface area contributed by atoms with E-state index in [9.17, 15) is 0 Å². The van der Waals surface area contributed by atoms with E-state index in [-0.39, 0.29) is 14.9 Å². The van der Waals surface area contributed by atoms with E-state index in [0.717, 1.165) is 21.5 Å². The average Bonchev–Trinajstić information content (AvgIpc) is 2.63. The SMILES string of the molecule is C.C.Cc1cc(C)on1.Cc1nnc(C)s1. The van der Waals surface area contributed by atoms with Gasteiger partial charge in [-0.05, 0) is 27.7 Å². The normalized spacial score (nSPS) is 8.25. The van der Waals surface area contributed by atoms with Crippen molar-refractivity contribution in [1.29, 1.82) is 0 Å². The second kappa shape index (κ2) is 7.98. The van der Waals surface area contributed by atoms with Gasteiger partial charge >= 0.3 is 0 Å². The third-order valence-electron chi connectivity index (χ3n) is 1.37. The van der Waals surface area contributed by atoms with Crippen LogP contribution in [0.3, 0.4) is 0 Å². The molecule has 0 atom stereocenters. The molecule has 0 aliphatic heterocycles. The lowest BCUT2D eigenvalue weighted by molar-refractivity contribution is 0.393. The van der Waals surface area contributed by atoms with Crippen LogP contribution in [0.5, 0.6) is 0 Å². The van der Waals surface area contributed by atoms with Gasteiger partial charge in [0.15, 0.2) is 0 Å². The minimum Gasteiger partial charge on any atom is -0.361 e. The molecule has 0 bridgehead atoms. The summed E-state index contributed by atoms with van der Waals surface area (Å²) in [6, 6.07) is 1.89. The zero-order chi connectivity index (χ0) is 10.6. The smallest absolute Gasteiger partial charge is 0.133 e. The number of aryl methyl sites for hydroxylation is 4. The van der Waals surface area contributed by atoms with Gasteiger partial charge in [0, 0.05) is 6.07 Å². The average molecular weight is 243 g/mol. The van der Waals surface area contributed by atoms with Crippen molar-refractivity contribution in [2.75, 3.05) is 0 Å². The maximum Gasteiger partial charge on any atom is 0.133 e. The van der Waals surface area contributed by atoms with Gasteiger partial charge in [0.25, 0.3) is 0 Å². The van der Waals surface area contributed by atoms with Crippen molar-refractivity contribution in [1.82, 2.24) is 15.4 Å². The summed E-state index contributed by atoms with van der Waals surface area (Å²) in [5, 5.41) is 13.3. The van der Waals surface area contributed by atoms with E-state index in [2.05, 4.69) is 15.4 Å². The van der Waals surface area contributed by atoms with Crippen LogP contribution in [0.2, 0.25) is 0 Å². The van der Waals surface area contributed by atoms with Crippen LogP contribution in [0.4, 0.5) is 0 Å². The summed E-state index contributed by atoms with van der Waals surface area (Å²) in [4.78, 5) is 0. The molecule has 0 amide bonds. The molecular weight excluding hydrogens is 222 g/mol.